The molecule has 2 aromatic carbocycles. The SMILES string of the molecule is CC1=C(C(=O)Nc2cccnc2)C(c2cccc(O)c2)n2nc(-c3ccc(C)c(C)c3)nc2N1. The second kappa shape index (κ2) is 8.47. The van der Waals surface area contributed by atoms with Crippen molar-refractivity contribution in [2.45, 2.75) is 26.8 Å². The molecule has 5 rings (SSSR count). The number of allylic oxidation sites excluding steroid dienone is 1. The third-order valence-corrected chi connectivity index (χ3v) is 5.97. The molecule has 8 heteroatoms. The van der Waals surface area contributed by atoms with Crippen molar-refractivity contribution in [3.05, 3.63) is 95.0 Å². The van der Waals surface area contributed by atoms with E-state index in [1.165, 1.54) is 5.56 Å². The normalized spacial score (nSPS) is 15.0. The van der Waals surface area contributed by atoms with Crippen LogP contribution in [-0.4, -0.2) is 30.8 Å². The highest BCUT2D eigenvalue weighted by molar-refractivity contribution is 6.06. The summed E-state index contributed by atoms with van der Waals surface area (Å²) in [6, 6.07) is 15.9. The van der Waals surface area contributed by atoms with E-state index in [9.17, 15) is 9.90 Å². The number of aromatic nitrogens is 4. The molecule has 1 unspecified atom stereocenters. The van der Waals surface area contributed by atoms with E-state index in [-0.39, 0.29) is 11.7 Å². The van der Waals surface area contributed by atoms with E-state index in [2.05, 4.69) is 35.5 Å². The van der Waals surface area contributed by atoms with Crippen LogP contribution in [0.25, 0.3) is 11.4 Å². The Balaban J connectivity index is 1.61. The second-order valence-corrected chi connectivity index (χ2v) is 8.36. The van der Waals surface area contributed by atoms with Gasteiger partial charge in [0, 0.05) is 17.5 Å². The molecule has 1 aliphatic heterocycles. The maximum Gasteiger partial charge on any atom is 0.255 e. The zero-order valence-electron chi connectivity index (χ0n) is 19.1. The molecule has 3 heterocycles. The molecule has 0 aliphatic carbocycles. The van der Waals surface area contributed by atoms with Crippen molar-refractivity contribution < 1.29 is 9.90 Å². The average molecular weight is 453 g/mol. The van der Waals surface area contributed by atoms with Gasteiger partial charge in [0.15, 0.2) is 5.82 Å². The predicted molar refractivity (Wildman–Crippen MR) is 130 cm³/mol. The standard InChI is InChI=1S/C26H24N6O2/c1-15-9-10-19(12-16(15)2)24-30-26-28-17(3)22(25(34)29-20-7-5-11-27-14-20)23(32(26)31-24)18-6-4-8-21(33)13-18/h4-14,23,33H,1-3H3,(H,29,34)(H,28,30,31). The van der Waals surface area contributed by atoms with E-state index in [1.54, 1.807) is 47.4 Å². The summed E-state index contributed by atoms with van der Waals surface area (Å²) in [4.78, 5) is 22.2. The van der Waals surface area contributed by atoms with Gasteiger partial charge >= 0.3 is 0 Å². The molecule has 1 amide bonds. The first kappa shape index (κ1) is 21.4. The number of carbonyl (C=O) groups is 1. The first-order valence-corrected chi connectivity index (χ1v) is 10.9. The van der Waals surface area contributed by atoms with Crippen molar-refractivity contribution in [2.24, 2.45) is 0 Å². The van der Waals surface area contributed by atoms with E-state index >= 15 is 0 Å². The largest absolute Gasteiger partial charge is 0.508 e. The lowest BCUT2D eigenvalue weighted by Crippen LogP contribution is -2.31. The Kier molecular flexibility index (Phi) is 5.33. The zero-order chi connectivity index (χ0) is 23.8. The maximum atomic E-state index is 13.5. The number of aromatic hydroxyl groups is 1. The van der Waals surface area contributed by atoms with E-state index in [0.717, 1.165) is 16.7 Å². The summed E-state index contributed by atoms with van der Waals surface area (Å²) in [6.45, 7) is 5.95. The minimum absolute atomic E-state index is 0.108. The quantitative estimate of drug-likeness (QED) is 0.418. The van der Waals surface area contributed by atoms with Gasteiger partial charge in [0.2, 0.25) is 5.95 Å². The first-order chi connectivity index (χ1) is 16.4. The number of hydrogen-bond donors (Lipinski definition) is 3. The van der Waals surface area contributed by atoms with Crippen LogP contribution in [0.15, 0.2) is 78.3 Å². The van der Waals surface area contributed by atoms with Crippen LogP contribution in [0.4, 0.5) is 11.6 Å². The fourth-order valence-electron chi connectivity index (χ4n) is 4.09. The molecule has 0 radical (unpaired) electrons. The molecule has 34 heavy (non-hydrogen) atoms. The molecular weight excluding hydrogens is 428 g/mol. The number of fused-ring (bicyclic) bond motifs is 1. The summed E-state index contributed by atoms with van der Waals surface area (Å²) in [5.41, 5.74) is 5.65. The second-order valence-electron chi connectivity index (χ2n) is 8.36. The number of rotatable bonds is 4. The van der Waals surface area contributed by atoms with Gasteiger partial charge in [-0.3, -0.25) is 9.78 Å². The lowest BCUT2D eigenvalue weighted by atomic mass is 9.95. The van der Waals surface area contributed by atoms with Gasteiger partial charge < -0.3 is 15.7 Å². The smallest absolute Gasteiger partial charge is 0.255 e. The molecule has 170 valence electrons. The fraction of sp³-hybridized carbons (Fsp3) is 0.154. The number of carbonyl (C=O) groups excluding carboxylic acids is 1. The van der Waals surface area contributed by atoms with Crippen LogP contribution < -0.4 is 10.6 Å². The van der Waals surface area contributed by atoms with Crippen molar-refractivity contribution in [1.29, 1.82) is 0 Å². The number of phenols is 1. The van der Waals surface area contributed by atoms with Crippen LogP contribution in [0.1, 0.15) is 29.7 Å². The van der Waals surface area contributed by atoms with Gasteiger partial charge in [-0.2, -0.15) is 4.98 Å². The van der Waals surface area contributed by atoms with Gasteiger partial charge in [-0.05, 0) is 67.8 Å². The van der Waals surface area contributed by atoms with E-state index < -0.39 is 6.04 Å². The number of amides is 1. The monoisotopic (exact) mass is 452 g/mol. The van der Waals surface area contributed by atoms with E-state index in [4.69, 9.17) is 10.1 Å². The summed E-state index contributed by atoms with van der Waals surface area (Å²) in [5.74, 6) is 0.895. The highest BCUT2D eigenvalue weighted by atomic mass is 16.3. The highest BCUT2D eigenvalue weighted by Crippen LogP contribution is 2.37. The summed E-state index contributed by atoms with van der Waals surface area (Å²) in [5, 5.41) is 21.1. The topological polar surface area (TPSA) is 105 Å². The molecule has 2 aromatic heterocycles. The molecule has 0 saturated heterocycles. The molecule has 1 aliphatic rings. The predicted octanol–water partition coefficient (Wildman–Crippen LogP) is 4.59. The van der Waals surface area contributed by atoms with Crippen molar-refractivity contribution in [3.63, 3.8) is 0 Å². The molecule has 8 nitrogen and oxygen atoms in total. The highest BCUT2D eigenvalue weighted by Gasteiger charge is 2.34. The zero-order valence-corrected chi connectivity index (χ0v) is 19.1. The Morgan fingerprint density at radius 1 is 1.06 bits per heavy atom. The van der Waals surface area contributed by atoms with Gasteiger partial charge in [-0.1, -0.05) is 24.3 Å². The average Bonchev–Trinajstić information content (AvgIpc) is 3.24. The van der Waals surface area contributed by atoms with Crippen molar-refractivity contribution in [1.82, 2.24) is 19.7 Å². The Labute approximate surface area is 197 Å². The third kappa shape index (κ3) is 3.90. The number of aryl methyl sites for hydroxylation is 2. The van der Waals surface area contributed by atoms with Gasteiger partial charge in [-0.25, -0.2) is 4.68 Å². The number of pyridine rings is 1. The molecular formula is C26H24N6O2. The summed E-state index contributed by atoms with van der Waals surface area (Å²) >= 11 is 0. The molecule has 0 saturated carbocycles. The lowest BCUT2D eigenvalue weighted by molar-refractivity contribution is -0.113. The van der Waals surface area contributed by atoms with Crippen LogP contribution in [0, 0.1) is 13.8 Å². The molecule has 1 atom stereocenters. The molecule has 0 fully saturated rings. The van der Waals surface area contributed by atoms with Crippen LogP contribution in [0.2, 0.25) is 0 Å². The Hall–Kier alpha value is -4.46. The molecule has 0 spiro atoms. The van der Waals surface area contributed by atoms with Gasteiger partial charge in [0.1, 0.15) is 11.8 Å². The fourth-order valence-corrected chi connectivity index (χ4v) is 4.09. The number of benzene rings is 2. The van der Waals surface area contributed by atoms with Gasteiger partial charge in [0.25, 0.3) is 5.91 Å². The van der Waals surface area contributed by atoms with Crippen LogP contribution in [0.3, 0.4) is 0 Å². The summed E-state index contributed by atoms with van der Waals surface area (Å²) in [7, 11) is 0. The molecule has 3 N–H and O–H groups in total. The Morgan fingerprint density at radius 3 is 2.65 bits per heavy atom. The number of nitrogens with one attached hydrogen (secondary N) is 2. The molecule has 0 bridgehead atoms. The number of hydrogen-bond acceptors (Lipinski definition) is 6. The minimum Gasteiger partial charge on any atom is -0.508 e. The number of anilines is 2. The minimum atomic E-state index is -0.590. The summed E-state index contributed by atoms with van der Waals surface area (Å²) in [6.07, 6.45) is 3.24. The van der Waals surface area contributed by atoms with Crippen molar-refractivity contribution >= 4 is 17.5 Å². The van der Waals surface area contributed by atoms with E-state index in [0.29, 0.717) is 28.7 Å². The number of nitrogens with zero attached hydrogens (tertiary/aromatic N) is 4. The Morgan fingerprint density at radius 2 is 1.91 bits per heavy atom. The van der Waals surface area contributed by atoms with Crippen LogP contribution in [-0.2, 0) is 4.79 Å². The van der Waals surface area contributed by atoms with Crippen molar-refractivity contribution in [2.75, 3.05) is 10.6 Å². The maximum absolute atomic E-state index is 13.5. The van der Waals surface area contributed by atoms with Crippen LogP contribution >= 0.6 is 0 Å². The number of phenolic OH excluding ortho intramolecular Hbond substituents is 1. The van der Waals surface area contributed by atoms with Crippen LogP contribution in [0.5, 0.6) is 5.75 Å². The van der Waals surface area contributed by atoms with Gasteiger partial charge in [-0.15, -0.1) is 5.10 Å². The summed E-state index contributed by atoms with van der Waals surface area (Å²) < 4.78 is 1.70. The van der Waals surface area contributed by atoms with Gasteiger partial charge in [0.05, 0.1) is 17.5 Å². The Bertz CT molecular complexity index is 1420. The van der Waals surface area contributed by atoms with E-state index in [1.807, 2.05) is 25.1 Å². The van der Waals surface area contributed by atoms with Crippen molar-refractivity contribution in [3.8, 4) is 17.1 Å². The first-order valence-electron chi connectivity index (χ1n) is 10.9. The lowest BCUT2D eigenvalue weighted by Gasteiger charge is -2.28. The third-order valence-electron chi connectivity index (χ3n) is 5.97. The molecule has 4 aromatic rings.